The number of benzene rings is 1. The fourth-order valence-corrected chi connectivity index (χ4v) is 4.41. The Hall–Kier alpha value is -2.67. The lowest BCUT2D eigenvalue weighted by Gasteiger charge is -2.32. The summed E-state index contributed by atoms with van der Waals surface area (Å²) >= 11 is 0. The molecule has 1 aliphatic rings. The summed E-state index contributed by atoms with van der Waals surface area (Å²) in [6.07, 6.45) is 3.18. The molecule has 0 atom stereocenters. The van der Waals surface area contributed by atoms with Crippen LogP contribution in [0.2, 0.25) is 0 Å². The van der Waals surface area contributed by atoms with Crippen molar-refractivity contribution in [2.75, 3.05) is 26.2 Å². The summed E-state index contributed by atoms with van der Waals surface area (Å²) in [5.41, 5.74) is 2.75. The highest BCUT2D eigenvalue weighted by atomic mass is 16.2. The van der Waals surface area contributed by atoms with E-state index in [0.29, 0.717) is 24.9 Å². The van der Waals surface area contributed by atoms with Gasteiger partial charge in [0.15, 0.2) is 0 Å². The molecule has 0 spiro atoms. The van der Waals surface area contributed by atoms with Gasteiger partial charge in [0.25, 0.3) is 0 Å². The van der Waals surface area contributed by atoms with Gasteiger partial charge in [-0.2, -0.15) is 5.10 Å². The Morgan fingerprint density at radius 2 is 1.76 bits per heavy atom. The number of carbonyl (C=O) groups excluding carboxylic acids is 2. The van der Waals surface area contributed by atoms with Crippen LogP contribution >= 0.6 is 0 Å². The summed E-state index contributed by atoms with van der Waals surface area (Å²) in [7, 11) is 0. The second kappa shape index (κ2) is 11.6. The van der Waals surface area contributed by atoms with Crippen LogP contribution in [0.1, 0.15) is 58.8 Å². The molecule has 2 aromatic rings. The molecule has 0 aliphatic carbocycles. The minimum absolute atomic E-state index is 0.0146. The Morgan fingerprint density at radius 1 is 1.09 bits per heavy atom. The third kappa shape index (κ3) is 8.28. The predicted octanol–water partition coefficient (Wildman–Crippen LogP) is 3.36. The van der Waals surface area contributed by atoms with Gasteiger partial charge in [0.2, 0.25) is 11.8 Å². The second-order valence-corrected chi connectivity index (χ2v) is 11.0. The molecule has 3 rings (SSSR count). The summed E-state index contributed by atoms with van der Waals surface area (Å²) in [5, 5.41) is 10.9. The molecule has 7 heteroatoms. The first-order valence-electron chi connectivity index (χ1n) is 12.5. The Balaban J connectivity index is 1.47. The van der Waals surface area contributed by atoms with Gasteiger partial charge in [0.05, 0.1) is 24.3 Å². The Kier molecular flexibility index (Phi) is 8.89. The van der Waals surface area contributed by atoms with Crippen molar-refractivity contribution in [3.05, 3.63) is 47.8 Å². The zero-order chi connectivity index (χ0) is 24.7. The average Bonchev–Trinajstić information content (AvgIpc) is 3.13. The van der Waals surface area contributed by atoms with Gasteiger partial charge in [-0.15, -0.1) is 0 Å². The maximum absolute atomic E-state index is 12.7. The minimum atomic E-state index is -0.202. The summed E-state index contributed by atoms with van der Waals surface area (Å²) in [6.45, 7) is 13.3. The third-order valence-corrected chi connectivity index (χ3v) is 5.97. The first-order valence-corrected chi connectivity index (χ1v) is 12.5. The summed E-state index contributed by atoms with van der Waals surface area (Å²) in [5.74, 6) is 1.04. The fourth-order valence-electron chi connectivity index (χ4n) is 4.41. The smallest absolute Gasteiger partial charge is 0.234 e. The van der Waals surface area contributed by atoms with Crippen molar-refractivity contribution < 1.29 is 9.59 Å². The minimum Gasteiger partial charge on any atom is -0.355 e. The molecule has 34 heavy (non-hydrogen) atoms. The van der Waals surface area contributed by atoms with Gasteiger partial charge in [0, 0.05) is 17.8 Å². The van der Waals surface area contributed by atoms with Crippen LogP contribution in [0.3, 0.4) is 0 Å². The highest BCUT2D eigenvalue weighted by Crippen LogP contribution is 2.18. The topological polar surface area (TPSA) is 79.3 Å². The van der Waals surface area contributed by atoms with Gasteiger partial charge in [-0.05, 0) is 83.2 Å². The average molecular weight is 468 g/mol. The number of piperidine rings is 1. The molecule has 186 valence electrons. The van der Waals surface area contributed by atoms with Gasteiger partial charge >= 0.3 is 0 Å². The molecule has 2 heterocycles. The summed E-state index contributed by atoms with van der Waals surface area (Å²) < 4.78 is 1.97. The van der Waals surface area contributed by atoms with E-state index in [4.69, 9.17) is 5.10 Å². The van der Waals surface area contributed by atoms with E-state index in [0.717, 1.165) is 49.4 Å². The van der Waals surface area contributed by atoms with E-state index in [2.05, 4.69) is 35.4 Å². The van der Waals surface area contributed by atoms with Crippen LogP contribution in [0.5, 0.6) is 0 Å². The summed E-state index contributed by atoms with van der Waals surface area (Å²) in [4.78, 5) is 27.0. The van der Waals surface area contributed by atoms with Gasteiger partial charge in [-0.1, -0.05) is 32.0 Å². The lowest BCUT2D eigenvalue weighted by atomic mass is 9.96. The first kappa shape index (κ1) is 25.9. The predicted molar refractivity (Wildman–Crippen MR) is 136 cm³/mol. The van der Waals surface area contributed by atoms with E-state index >= 15 is 0 Å². The van der Waals surface area contributed by atoms with Crippen molar-refractivity contribution in [3.63, 3.8) is 0 Å². The molecule has 0 saturated carbocycles. The molecular weight excluding hydrogens is 426 g/mol. The number of nitrogens with one attached hydrogen (secondary N) is 2. The Labute approximate surface area is 204 Å². The van der Waals surface area contributed by atoms with Crippen molar-refractivity contribution in [2.24, 2.45) is 11.8 Å². The monoisotopic (exact) mass is 467 g/mol. The van der Waals surface area contributed by atoms with Crippen LogP contribution in [0, 0.1) is 11.8 Å². The van der Waals surface area contributed by atoms with Crippen molar-refractivity contribution in [1.82, 2.24) is 25.3 Å². The van der Waals surface area contributed by atoms with Crippen molar-refractivity contribution >= 4 is 11.8 Å². The van der Waals surface area contributed by atoms with Gasteiger partial charge in [-0.25, -0.2) is 4.68 Å². The number of amides is 2. The van der Waals surface area contributed by atoms with Gasteiger partial charge in [-0.3, -0.25) is 14.5 Å². The number of hydrogen-bond donors (Lipinski definition) is 2. The highest BCUT2D eigenvalue weighted by molar-refractivity contribution is 5.79. The van der Waals surface area contributed by atoms with Crippen LogP contribution in [0.4, 0.5) is 0 Å². The van der Waals surface area contributed by atoms with Gasteiger partial charge < -0.3 is 10.6 Å². The molecule has 0 radical (unpaired) electrons. The zero-order valence-electron chi connectivity index (χ0n) is 21.4. The number of nitrogens with zero attached hydrogens (tertiary/aromatic N) is 3. The summed E-state index contributed by atoms with van der Waals surface area (Å²) in [6, 6.07) is 12.2. The number of aromatic nitrogens is 2. The largest absolute Gasteiger partial charge is 0.355 e. The molecule has 2 amide bonds. The molecule has 1 aliphatic heterocycles. The number of carbonyl (C=O) groups is 2. The van der Waals surface area contributed by atoms with Crippen LogP contribution in [0.15, 0.2) is 36.4 Å². The van der Waals surface area contributed by atoms with Crippen molar-refractivity contribution in [2.45, 2.75) is 65.8 Å². The van der Waals surface area contributed by atoms with Crippen molar-refractivity contribution in [3.8, 4) is 5.69 Å². The molecule has 1 aromatic heterocycles. The highest BCUT2D eigenvalue weighted by Gasteiger charge is 2.23. The van der Waals surface area contributed by atoms with Crippen molar-refractivity contribution in [1.29, 1.82) is 0 Å². The molecule has 2 N–H and O–H groups in total. The fraction of sp³-hybridized carbons (Fsp3) is 0.593. The van der Waals surface area contributed by atoms with E-state index < -0.39 is 0 Å². The molecule has 1 saturated heterocycles. The zero-order valence-corrected chi connectivity index (χ0v) is 21.4. The Morgan fingerprint density at radius 3 is 2.38 bits per heavy atom. The molecule has 1 aromatic carbocycles. The molecule has 7 nitrogen and oxygen atoms in total. The molecule has 1 fully saturated rings. The SMILES string of the molecule is CC(C)Cc1cc(CC(=O)NCC2CCN(CC(=O)NC(C)(C)C)CC2)nn1-c1ccccc1. The third-order valence-electron chi connectivity index (χ3n) is 5.97. The normalized spacial score (nSPS) is 15.5. The molecular formula is C27H41N5O2. The number of hydrogen-bond acceptors (Lipinski definition) is 4. The Bertz CT molecular complexity index is 938. The van der Waals surface area contributed by atoms with E-state index in [1.54, 1.807) is 0 Å². The number of likely N-dealkylation sites (tertiary alicyclic amines) is 1. The first-order chi connectivity index (χ1) is 16.1. The van der Waals surface area contributed by atoms with E-state index in [1.165, 1.54) is 0 Å². The van der Waals surface area contributed by atoms with Crippen LogP contribution in [-0.2, 0) is 22.4 Å². The maximum Gasteiger partial charge on any atom is 0.234 e. The lowest BCUT2D eigenvalue weighted by Crippen LogP contribution is -2.48. The van der Waals surface area contributed by atoms with E-state index in [9.17, 15) is 9.59 Å². The van der Waals surface area contributed by atoms with Crippen LogP contribution in [-0.4, -0.2) is 58.2 Å². The van der Waals surface area contributed by atoms with Gasteiger partial charge in [0.1, 0.15) is 0 Å². The molecule has 0 unspecified atom stereocenters. The number of rotatable bonds is 9. The standard InChI is InChI=1S/C27H41N5O2/c1-20(2)15-24-16-22(30-32(24)23-9-7-6-8-10-23)17-25(33)28-18-21-11-13-31(14-12-21)19-26(34)29-27(3,4)5/h6-10,16,20-21H,11-15,17-19H2,1-5H3,(H,28,33)(H,29,34). The maximum atomic E-state index is 12.7. The van der Waals surface area contributed by atoms with Crippen LogP contribution < -0.4 is 10.6 Å². The molecule has 0 bridgehead atoms. The van der Waals surface area contributed by atoms with Crippen LogP contribution in [0.25, 0.3) is 5.69 Å². The van der Waals surface area contributed by atoms with E-state index in [1.807, 2.05) is 55.8 Å². The lowest BCUT2D eigenvalue weighted by molar-refractivity contribution is -0.124. The van der Waals surface area contributed by atoms with E-state index in [-0.39, 0.29) is 23.8 Å². The second-order valence-electron chi connectivity index (χ2n) is 11.0. The number of para-hydroxylation sites is 1. The quantitative estimate of drug-likeness (QED) is 0.593.